The molecule has 3 atom stereocenters. The molecule has 0 bridgehead atoms. The lowest BCUT2D eigenvalue weighted by Gasteiger charge is -2.36. The molecular weight excluding hydrogens is 494 g/mol. The zero-order valence-corrected chi connectivity index (χ0v) is 23.6. The average Bonchev–Trinajstić information content (AvgIpc) is 3.17. The third kappa shape index (κ3) is 7.19. The van der Waals surface area contributed by atoms with Crippen molar-refractivity contribution >= 4 is 31.9 Å². The molecule has 0 radical (unpaired) electrons. The maximum Gasteiger partial charge on any atom is 0.416 e. The Morgan fingerprint density at radius 3 is 2.39 bits per heavy atom. The predicted octanol–water partition coefficient (Wildman–Crippen LogP) is 5.86. The number of carbonyl (C=O) groups is 2. The van der Waals surface area contributed by atoms with Crippen LogP contribution in [0.15, 0.2) is 54.6 Å². The van der Waals surface area contributed by atoms with Gasteiger partial charge in [-0.15, -0.1) is 0 Å². The molecule has 1 aliphatic heterocycles. The van der Waals surface area contributed by atoms with Crippen molar-refractivity contribution in [2.45, 2.75) is 70.3 Å². The molecule has 196 valence electrons. The largest absolute Gasteiger partial charge is 0.447 e. The van der Waals surface area contributed by atoms with E-state index < -0.39 is 38.4 Å². The van der Waals surface area contributed by atoms with Gasteiger partial charge in [0.25, 0.3) is 0 Å². The molecule has 1 N–H and O–H groups in total. The van der Waals surface area contributed by atoms with Crippen LogP contribution in [-0.2, 0) is 26.8 Å². The average molecular weight is 532 g/mol. The van der Waals surface area contributed by atoms with E-state index in [0.717, 1.165) is 11.1 Å². The highest BCUT2D eigenvalue weighted by atomic mass is 35.5. The Labute approximate surface area is 220 Å². The van der Waals surface area contributed by atoms with E-state index in [-0.39, 0.29) is 18.1 Å². The number of benzene rings is 2. The highest BCUT2D eigenvalue weighted by Gasteiger charge is 2.43. The van der Waals surface area contributed by atoms with Gasteiger partial charge in [0.15, 0.2) is 8.32 Å². The van der Waals surface area contributed by atoms with Gasteiger partial charge in [-0.05, 0) is 60.7 Å². The summed E-state index contributed by atoms with van der Waals surface area (Å²) in [5.74, 6) is -1.24. The number of halogens is 1. The lowest BCUT2D eigenvalue weighted by molar-refractivity contribution is -0.137. The number of ether oxygens (including phenoxy) is 1. The molecule has 1 aliphatic rings. The van der Waals surface area contributed by atoms with E-state index in [1.807, 2.05) is 42.5 Å². The van der Waals surface area contributed by atoms with E-state index in [1.54, 1.807) is 12.1 Å². The van der Waals surface area contributed by atoms with Crippen LogP contribution in [0.25, 0.3) is 0 Å². The van der Waals surface area contributed by atoms with Crippen molar-refractivity contribution < 1.29 is 23.9 Å². The van der Waals surface area contributed by atoms with Crippen LogP contribution in [0.5, 0.6) is 0 Å². The number of rotatable bonds is 10. The van der Waals surface area contributed by atoms with Gasteiger partial charge < -0.3 is 14.3 Å². The minimum atomic E-state index is -2.00. The number of carbonyl (C=O) groups excluding carboxylic acids is 2. The van der Waals surface area contributed by atoms with Gasteiger partial charge in [0.2, 0.25) is 5.91 Å². The molecule has 36 heavy (non-hydrogen) atoms. The lowest BCUT2D eigenvalue weighted by Crippen LogP contribution is -2.48. The molecule has 1 saturated heterocycles. The molecule has 3 rings (SSSR count). The monoisotopic (exact) mass is 531 g/mol. The summed E-state index contributed by atoms with van der Waals surface area (Å²) in [6.45, 7) is 11.3. The molecule has 8 heteroatoms. The minimum absolute atomic E-state index is 0.0421. The first-order valence-corrected chi connectivity index (χ1v) is 15.8. The molecule has 0 saturated carbocycles. The fourth-order valence-electron chi connectivity index (χ4n) is 4.06. The molecule has 0 aromatic heterocycles. The fraction of sp³-hybridized carbons (Fsp3) is 0.500. The summed E-state index contributed by atoms with van der Waals surface area (Å²) in [5.41, 5.74) is 1.87. The number of aliphatic hydroxyl groups is 1. The first-order valence-electron chi connectivity index (χ1n) is 12.5. The van der Waals surface area contributed by atoms with Gasteiger partial charge >= 0.3 is 6.09 Å². The Hall–Kier alpha value is -2.19. The van der Waals surface area contributed by atoms with Crippen LogP contribution >= 0.6 is 11.6 Å². The molecule has 1 unspecified atom stereocenters. The highest BCUT2D eigenvalue weighted by Crippen LogP contribution is 2.36. The van der Waals surface area contributed by atoms with E-state index in [9.17, 15) is 14.7 Å². The summed E-state index contributed by atoms with van der Waals surface area (Å²) in [7, 11) is -2.00. The molecule has 6 nitrogen and oxygen atoms in total. The number of cyclic esters (lactones) is 1. The van der Waals surface area contributed by atoms with E-state index in [1.165, 1.54) is 4.90 Å². The van der Waals surface area contributed by atoms with Crippen molar-refractivity contribution in [2.24, 2.45) is 5.92 Å². The summed E-state index contributed by atoms with van der Waals surface area (Å²) in [5, 5.41) is 11.9. The quantitative estimate of drug-likeness (QED) is 0.388. The molecule has 2 amide bonds. The van der Waals surface area contributed by atoms with E-state index in [4.69, 9.17) is 20.8 Å². The van der Waals surface area contributed by atoms with Gasteiger partial charge in [0, 0.05) is 11.6 Å². The second-order valence-electron chi connectivity index (χ2n) is 11.0. The number of hydrogen-bond acceptors (Lipinski definition) is 5. The minimum Gasteiger partial charge on any atom is -0.447 e. The number of imide groups is 1. The smallest absolute Gasteiger partial charge is 0.416 e. The highest BCUT2D eigenvalue weighted by molar-refractivity contribution is 6.74. The van der Waals surface area contributed by atoms with Crippen LogP contribution in [-0.4, -0.2) is 55.7 Å². The second-order valence-corrected chi connectivity index (χ2v) is 16.3. The number of hydrogen-bond donors (Lipinski definition) is 1. The number of aliphatic hydroxyl groups excluding tert-OH is 1. The molecular formula is C28H38ClNO5Si. The third-order valence-electron chi connectivity index (χ3n) is 7.35. The van der Waals surface area contributed by atoms with Crippen LogP contribution < -0.4 is 0 Å². The summed E-state index contributed by atoms with van der Waals surface area (Å²) in [6, 6.07) is 16.5. The van der Waals surface area contributed by atoms with Crippen molar-refractivity contribution in [1.29, 1.82) is 0 Å². The van der Waals surface area contributed by atoms with Crippen molar-refractivity contribution in [2.75, 3.05) is 13.2 Å². The summed E-state index contributed by atoms with van der Waals surface area (Å²) in [6.07, 6.45) is -0.575. The van der Waals surface area contributed by atoms with E-state index in [0.29, 0.717) is 24.5 Å². The zero-order chi connectivity index (χ0) is 26.5. The number of amides is 2. The van der Waals surface area contributed by atoms with Gasteiger partial charge in [-0.1, -0.05) is 74.8 Å². The first kappa shape index (κ1) is 28.4. The van der Waals surface area contributed by atoms with Crippen molar-refractivity contribution in [3.63, 3.8) is 0 Å². The first-order chi connectivity index (χ1) is 16.9. The van der Waals surface area contributed by atoms with Gasteiger partial charge in [-0.25, -0.2) is 9.69 Å². The van der Waals surface area contributed by atoms with Gasteiger partial charge in [0.05, 0.1) is 18.1 Å². The third-order valence-corrected chi connectivity index (χ3v) is 12.1. The summed E-state index contributed by atoms with van der Waals surface area (Å²) in [4.78, 5) is 27.7. The number of nitrogens with zero attached hydrogens (tertiary/aromatic N) is 1. The Morgan fingerprint density at radius 1 is 1.14 bits per heavy atom. The van der Waals surface area contributed by atoms with Gasteiger partial charge in [0.1, 0.15) is 6.61 Å². The standard InChI is InChI=1S/C28H38ClNO5Si/c1-28(2,3)36(4,5)35-16-15-25(31)24(18-21-11-13-22(29)14-12-21)26(32)30-23(19-34-27(30)33)17-20-9-7-6-8-10-20/h6-14,23-25,31H,15-19H2,1-5H3/t23?,24-,25+/m0/s1. The molecule has 2 aromatic carbocycles. The van der Waals surface area contributed by atoms with Crippen LogP contribution in [0, 0.1) is 5.92 Å². The predicted molar refractivity (Wildman–Crippen MR) is 145 cm³/mol. The van der Waals surface area contributed by atoms with Crippen molar-refractivity contribution in [3.05, 3.63) is 70.7 Å². The Morgan fingerprint density at radius 2 is 1.78 bits per heavy atom. The normalized spacial score (nSPS) is 18.1. The Balaban J connectivity index is 1.79. The van der Waals surface area contributed by atoms with Crippen LogP contribution in [0.1, 0.15) is 38.3 Å². The van der Waals surface area contributed by atoms with E-state index in [2.05, 4.69) is 33.9 Å². The molecule has 0 spiro atoms. The summed E-state index contributed by atoms with van der Waals surface area (Å²) >= 11 is 6.04. The van der Waals surface area contributed by atoms with Crippen molar-refractivity contribution in [3.8, 4) is 0 Å². The molecule has 1 fully saturated rings. The lowest BCUT2D eigenvalue weighted by atomic mass is 9.90. The van der Waals surface area contributed by atoms with Crippen LogP contribution in [0.3, 0.4) is 0 Å². The molecule has 1 heterocycles. The van der Waals surface area contributed by atoms with Crippen LogP contribution in [0.2, 0.25) is 23.2 Å². The summed E-state index contributed by atoms with van der Waals surface area (Å²) < 4.78 is 11.5. The van der Waals surface area contributed by atoms with Gasteiger partial charge in [-0.2, -0.15) is 0 Å². The Kier molecular flexibility index (Phi) is 9.38. The maximum absolute atomic E-state index is 13.8. The molecule has 0 aliphatic carbocycles. The molecule has 2 aromatic rings. The zero-order valence-electron chi connectivity index (χ0n) is 21.9. The van der Waals surface area contributed by atoms with Crippen LogP contribution in [0.4, 0.5) is 4.79 Å². The second kappa shape index (κ2) is 11.9. The van der Waals surface area contributed by atoms with Gasteiger partial charge in [-0.3, -0.25) is 4.79 Å². The Bertz CT molecular complexity index is 1020. The topological polar surface area (TPSA) is 76.1 Å². The fourth-order valence-corrected chi connectivity index (χ4v) is 5.25. The van der Waals surface area contributed by atoms with E-state index >= 15 is 0 Å². The maximum atomic E-state index is 13.8. The SMILES string of the molecule is CC(C)(C)[Si](C)(C)OCC[C@@H](O)[C@H](Cc1ccc(Cl)cc1)C(=O)N1C(=O)OCC1Cc1ccccc1. The van der Waals surface area contributed by atoms with Crippen molar-refractivity contribution in [1.82, 2.24) is 4.90 Å².